The van der Waals surface area contributed by atoms with Crippen LogP contribution in [0.4, 0.5) is 16.2 Å². The first kappa shape index (κ1) is 14.3. The minimum absolute atomic E-state index is 0.426. The third-order valence-electron chi connectivity index (χ3n) is 2.00. The van der Waals surface area contributed by atoms with E-state index in [1.165, 1.54) is 14.2 Å². The minimum atomic E-state index is -3.30. The highest BCUT2D eigenvalue weighted by atomic mass is 32.2. The van der Waals surface area contributed by atoms with Gasteiger partial charge in [-0.1, -0.05) is 0 Å². The molecule has 0 atom stereocenters. The Kier molecular flexibility index (Phi) is 4.51. The molecule has 0 spiro atoms. The van der Waals surface area contributed by atoms with Gasteiger partial charge in [-0.25, -0.2) is 18.3 Å². The average Bonchev–Trinajstić information content (AvgIpc) is 2.28. The van der Waals surface area contributed by atoms with E-state index in [1.54, 1.807) is 24.3 Å². The third kappa shape index (κ3) is 4.60. The predicted molar refractivity (Wildman–Crippen MR) is 68.7 cm³/mol. The lowest BCUT2D eigenvalue weighted by atomic mass is 10.3. The summed E-state index contributed by atoms with van der Waals surface area (Å²) in [7, 11) is -0.455. The fourth-order valence-electron chi connectivity index (χ4n) is 1.12. The summed E-state index contributed by atoms with van der Waals surface area (Å²) in [6.45, 7) is 0. The Morgan fingerprint density at radius 1 is 1.22 bits per heavy atom. The highest BCUT2D eigenvalue weighted by Gasteiger charge is 2.07. The molecule has 18 heavy (non-hydrogen) atoms. The van der Waals surface area contributed by atoms with E-state index in [2.05, 4.69) is 10.0 Å². The number of urea groups is 1. The number of hydrogen-bond donors (Lipinski definition) is 2. The van der Waals surface area contributed by atoms with E-state index in [4.69, 9.17) is 4.84 Å². The van der Waals surface area contributed by atoms with Crippen LogP contribution in [0.25, 0.3) is 0 Å². The molecule has 1 aromatic rings. The minimum Gasteiger partial charge on any atom is -0.306 e. The molecule has 0 aliphatic carbocycles. The van der Waals surface area contributed by atoms with Gasteiger partial charge >= 0.3 is 6.03 Å². The molecule has 0 bridgehead atoms. The van der Waals surface area contributed by atoms with Crippen LogP contribution < -0.4 is 10.0 Å². The topological polar surface area (TPSA) is 87.7 Å². The highest BCUT2D eigenvalue weighted by molar-refractivity contribution is 7.92. The summed E-state index contributed by atoms with van der Waals surface area (Å²) in [4.78, 5) is 16.1. The Labute approximate surface area is 106 Å². The Bertz CT molecular complexity index is 512. The van der Waals surface area contributed by atoms with E-state index < -0.39 is 16.1 Å². The van der Waals surface area contributed by atoms with Crippen molar-refractivity contribution >= 4 is 27.4 Å². The van der Waals surface area contributed by atoms with Gasteiger partial charge < -0.3 is 5.32 Å². The molecular weight excluding hydrogens is 258 g/mol. The number of hydrogen-bond acceptors (Lipinski definition) is 4. The summed E-state index contributed by atoms with van der Waals surface area (Å²) in [6, 6.07) is 5.82. The van der Waals surface area contributed by atoms with Crippen LogP contribution >= 0.6 is 0 Å². The summed E-state index contributed by atoms with van der Waals surface area (Å²) in [5.74, 6) is 0. The number of sulfonamides is 1. The monoisotopic (exact) mass is 273 g/mol. The second-order valence-electron chi connectivity index (χ2n) is 3.56. The van der Waals surface area contributed by atoms with Crippen LogP contribution in [-0.2, 0) is 14.9 Å². The molecule has 8 heteroatoms. The zero-order chi connectivity index (χ0) is 13.8. The van der Waals surface area contributed by atoms with Gasteiger partial charge in [0.25, 0.3) is 0 Å². The summed E-state index contributed by atoms with van der Waals surface area (Å²) in [5.41, 5.74) is 0.957. The molecule has 0 saturated heterocycles. The summed E-state index contributed by atoms with van der Waals surface area (Å²) < 4.78 is 24.3. The Morgan fingerprint density at radius 3 is 2.17 bits per heavy atom. The molecule has 0 fully saturated rings. The second-order valence-corrected chi connectivity index (χ2v) is 5.31. The molecule has 0 aliphatic rings. The maximum absolute atomic E-state index is 11.4. The lowest BCUT2D eigenvalue weighted by Crippen LogP contribution is -2.30. The number of anilines is 2. The van der Waals surface area contributed by atoms with Gasteiger partial charge in [0.05, 0.1) is 13.4 Å². The standard InChI is InChI=1S/C10H15N3O4S/c1-13(17-2)10(14)11-8-4-6-9(7-5-8)12-18(3,15)16/h4-7,12H,1-3H3,(H,11,14). The van der Waals surface area contributed by atoms with Crippen molar-refractivity contribution in [3.63, 3.8) is 0 Å². The smallest absolute Gasteiger partial charge is 0.306 e. The van der Waals surface area contributed by atoms with Gasteiger partial charge in [0, 0.05) is 18.4 Å². The van der Waals surface area contributed by atoms with Crippen molar-refractivity contribution in [2.24, 2.45) is 0 Å². The molecule has 0 aliphatic heterocycles. The van der Waals surface area contributed by atoms with Crippen LogP contribution in [0, 0.1) is 0 Å². The van der Waals surface area contributed by atoms with Crippen molar-refractivity contribution in [2.45, 2.75) is 0 Å². The van der Waals surface area contributed by atoms with Crippen molar-refractivity contribution in [1.82, 2.24) is 5.06 Å². The number of rotatable bonds is 4. The molecule has 100 valence electrons. The number of carbonyl (C=O) groups is 1. The summed E-state index contributed by atoms with van der Waals surface area (Å²) >= 11 is 0. The van der Waals surface area contributed by atoms with Crippen LogP contribution in [0.3, 0.4) is 0 Å². The fraction of sp³-hybridized carbons (Fsp3) is 0.300. The van der Waals surface area contributed by atoms with Crippen molar-refractivity contribution < 1.29 is 18.0 Å². The number of hydroxylamine groups is 2. The second kappa shape index (κ2) is 5.69. The number of benzene rings is 1. The summed E-state index contributed by atoms with van der Waals surface area (Å²) in [6.07, 6.45) is 1.07. The number of carbonyl (C=O) groups excluding carboxylic acids is 1. The zero-order valence-corrected chi connectivity index (χ0v) is 11.1. The Balaban J connectivity index is 2.69. The first-order valence-corrected chi connectivity index (χ1v) is 6.87. The predicted octanol–water partition coefficient (Wildman–Crippen LogP) is 1.08. The molecule has 2 amide bonds. The van der Waals surface area contributed by atoms with Gasteiger partial charge in [-0.05, 0) is 24.3 Å². The lowest BCUT2D eigenvalue weighted by molar-refractivity contribution is -0.0598. The molecule has 1 rings (SSSR count). The normalized spacial score (nSPS) is 10.8. The van der Waals surface area contributed by atoms with Crippen LogP contribution in [0.15, 0.2) is 24.3 Å². The van der Waals surface area contributed by atoms with Gasteiger partial charge in [-0.3, -0.25) is 9.56 Å². The maximum atomic E-state index is 11.4. The largest absolute Gasteiger partial charge is 0.345 e. The van der Waals surface area contributed by atoms with E-state index in [0.717, 1.165) is 11.3 Å². The van der Waals surface area contributed by atoms with Crippen molar-refractivity contribution in [3.8, 4) is 0 Å². The summed E-state index contributed by atoms with van der Waals surface area (Å²) in [5, 5.41) is 3.60. The van der Waals surface area contributed by atoms with E-state index in [-0.39, 0.29) is 0 Å². The molecule has 0 heterocycles. The van der Waals surface area contributed by atoms with Crippen molar-refractivity contribution in [3.05, 3.63) is 24.3 Å². The molecule has 0 aromatic heterocycles. The number of nitrogens with one attached hydrogen (secondary N) is 2. The van der Waals surface area contributed by atoms with E-state index in [9.17, 15) is 13.2 Å². The first-order chi connectivity index (χ1) is 8.31. The highest BCUT2D eigenvalue weighted by Crippen LogP contribution is 2.14. The van der Waals surface area contributed by atoms with E-state index in [0.29, 0.717) is 11.4 Å². The van der Waals surface area contributed by atoms with Crippen LogP contribution in [0.2, 0.25) is 0 Å². The molecule has 7 nitrogen and oxygen atoms in total. The van der Waals surface area contributed by atoms with Crippen LogP contribution in [0.5, 0.6) is 0 Å². The Hall–Kier alpha value is -1.80. The number of amides is 2. The van der Waals surface area contributed by atoms with E-state index >= 15 is 0 Å². The third-order valence-corrected chi connectivity index (χ3v) is 2.61. The van der Waals surface area contributed by atoms with Crippen LogP contribution in [-0.4, -0.2) is 39.9 Å². The number of nitrogens with zero attached hydrogens (tertiary/aromatic N) is 1. The fourth-order valence-corrected chi connectivity index (χ4v) is 1.69. The Morgan fingerprint density at radius 2 is 1.72 bits per heavy atom. The lowest BCUT2D eigenvalue weighted by Gasteiger charge is -2.14. The van der Waals surface area contributed by atoms with Gasteiger partial charge in [-0.15, -0.1) is 0 Å². The first-order valence-electron chi connectivity index (χ1n) is 4.98. The molecule has 0 saturated carbocycles. The molecule has 1 aromatic carbocycles. The average molecular weight is 273 g/mol. The van der Waals surface area contributed by atoms with Gasteiger partial charge in [0.15, 0.2) is 0 Å². The van der Waals surface area contributed by atoms with Crippen molar-refractivity contribution in [2.75, 3.05) is 30.5 Å². The van der Waals surface area contributed by atoms with Crippen LogP contribution in [0.1, 0.15) is 0 Å². The molecule has 2 N–H and O–H groups in total. The quantitative estimate of drug-likeness (QED) is 0.804. The van der Waals surface area contributed by atoms with Crippen molar-refractivity contribution in [1.29, 1.82) is 0 Å². The molecule has 0 radical (unpaired) electrons. The molecule has 0 unspecified atom stereocenters. The van der Waals surface area contributed by atoms with E-state index in [1.807, 2.05) is 0 Å². The van der Waals surface area contributed by atoms with Gasteiger partial charge in [0.2, 0.25) is 10.0 Å². The zero-order valence-electron chi connectivity index (χ0n) is 10.3. The maximum Gasteiger partial charge on any atom is 0.345 e. The van der Waals surface area contributed by atoms with Gasteiger partial charge in [0.1, 0.15) is 0 Å². The molecular formula is C10H15N3O4S. The van der Waals surface area contributed by atoms with Gasteiger partial charge in [-0.2, -0.15) is 0 Å². The SMILES string of the molecule is CON(C)C(=O)Nc1ccc(NS(C)(=O)=O)cc1.